The molecule has 29 heavy (non-hydrogen) atoms. The van der Waals surface area contributed by atoms with Crippen LogP contribution in [0.1, 0.15) is 71.6 Å². The van der Waals surface area contributed by atoms with Gasteiger partial charge in [-0.3, -0.25) is 9.69 Å². The molecule has 158 valence electrons. The summed E-state index contributed by atoms with van der Waals surface area (Å²) < 4.78 is 0. The largest absolute Gasteiger partial charge is 0.411 e. The fourth-order valence-corrected chi connectivity index (χ4v) is 8.66. The van der Waals surface area contributed by atoms with Gasteiger partial charge in [0.25, 0.3) is 0 Å². The number of terminal acetylenes is 1. The summed E-state index contributed by atoms with van der Waals surface area (Å²) in [6.45, 7) is 6.91. The van der Waals surface area contributed by atoms with Crippen LogP contribution in [-0.2, 0) is 4.79 Å². The second-order valence-corrected chi connectivity index (χ2v) is 11.1. The highest BCUT2D eigenvalue weighted by Gasteiger charge is 2.64. The maximum absolute atomic E-state index is 12.7. The summed E-state index contributed by atoms with van der Waals surface area (Å²) in [5.74, 6) is 5.70. The quantitative estimate of drug-likeness (QED) is 0.407. The number of Topliss-reactive ketones (excluding diaryl/α,β-unsaturated/α-hetero) is 1. The molecule has 0 bridgehead atoms. The Morgan fingerprint density at radius 3 is 2.59 bits per heavy atom. The van der Waals surface area contributed by atoms with E-state index in [1.165, 1.54) is 25.9 Å². The molecule has 8 atom stereocenters. The van der Waals surface area contributed by atoms with Crippen molar-refractivity contribution in [3.8, 4) is 12.3 Å². The molecule has 5 aliphatic rings. The van der Waals surface area contributed by atoms with E-state index in [-0.39, 0.29) is 16.7 Å². The normalized spacial score (nSPS) is 51.3. The monoisotopic (exact) mass is 396 g/mol. The molecule has 0 radical (unpaired) electrons. The molecule has 4 nitrogen and oxygen atoms in total. The van der Waals surface area contributed by atoms with Gasteiger partial charge >= 0.3 is 0 Å². The summed E-state index contributed by atoms with van der Waals surface area (Å²) in [6.07, 6.45) is 15.6. The van der Waals surface area contributed by atoms with Gasteiger partial charge in [-0.15, -0.1) is 12.3 Å². The molecule has 0 amide bonds. The van der Waals surface area contributed by atoms with Crippen LogP contribution in [0.15, 0.2) is 5.16 Å². The maximum Gasteiger partial charge on any atom is 0.139 e. The molecule has 4 heteroatoms. The lowest BCUT2D eigenvalue weighted by Gasteiger charge is -2.62. The predicted molar refractivity (Wildman–Crippen MR) is 114 cm³/mol. The van der Waals surface area contributed by atoms with Gasteiger partial charge in [0.05, 0.1) is 5.71 Å². The number of fused-ring (bicyclic) bond motifs is 5. The van der Waals surface area contributed by atoms with Gasteiger partial charge in [0.1, 0.15) is 5.78 Å². The second-order valence-electron chi connectivity index (χ2n) is 11.1. The van der Waals surface area contributed by atoms with Crippen molar-refractivity contribution in [1.29, 1.82) is 0 Å². The molecule has 0 aromatic heterocycles. The minimum atomic E-state index is -0.146. The van der Waals surface area contributed by atoms with E-state index in [0.717, 1.165) is 50.7 Å². The lowest BCUT2D eigenvalue weighted by Crippen LogP contribution is -2.61. The number of oxime groups is 1. The van der Waals surface area contributed by atoms with E-state index >= 15 is 0 Å². The van der Waals surface area contributed by atoms with Gasteiger partial charge in [-0.2, -0.15) is 0 Å². The Hall–Kier alpha value is -1.34. The van der Waals surface area contributed by atoms with Crippen LogP contribution in [0, 0.1) is 52.8 Å². The van der Waals surface area contributed by atoms with Gasteiger partial charge in [-0.25, -0.2) is 0 Å². The van der Waals surface area contributed by atoms with Crippen LogP contribution in [0.3, 0.4) is 0 Å². The number of carbonyl (C=O) groups excluding carboxylic acids is 1. The van der Waals surface area contributed by atoms with Crippen LogP contribution in [0.5, 0.6) is 0 Å². The van der Waals surface area contributed by atoms with Crippen molar-refractivity contribution in [3.63, 3.8) is 0 Å². The van der Waals surface area contributed by atoms with E-state index in [9.17, 15) is 10.0 Å². The van der Waals surface area contributed by atoms with Gasteiger partial charge in [0, 0.05) is 35.6 Å². The number of carbonyl (C=O) groups is 1. The van der Waals surface area contributed by atoms with Crippen molar-refractivity contribution >= 4 is 11.5 Å². The highest BCUT2D eigenvalue weighted by Crippen LogP contribution is 2.66. The number of hydrogen-bond donors (Lipinski definition) is 1. The van der Waals surface area contributed by atoms with Crippen molar-refractivity contribution in [2.45, 2.75) is 77.7 Å². The van der Waals surface area contributed by atoms with Crippen molar-refractivity contribution in [1.82, 2.24) is 4.90 Å². The Bertz CT molecular complexity index is 763. The average Bonchev–Trinajstić information content (AvgIpc) is 3.35. The molecule has 4 saturated carbocycles. The van der Waals surface area contributed by atoms with Crippen molar-refractivity contribution < 1.29 is 10.0 Å². The minimum absolute atomic E-state index is 0.127. The van der Waals surface area contributed by atoms with Gasteiger partial charge in [-0.1, -0.05) is 19.0 Å². The number of nitrogens with zero attached hydrogens (tertiary/aromatic N) is 2. The molecule has 1 N–H and O–H groups in total. The third-order valence-electron chi connectivity index (χ3n) is 10.3. The molecule has 0 spiro atoms. The molecule has 5 fully saturated rings. The third kappa shape index (κ3) is 2.62. The smallest absolute Gasteiger partial charge is 0.139 e. The van der Waals surface area contributed by atoms with Crippen molar-refractivity contribution in [2.75, 3.05) is 13.1 Å². The highest BCUT2D eigenvalue weighted by atomic mass is 16.4. The lowest BCUT2D eigenvalue weighted by atomic mass is 9.42. The summed E-state index contributed by atoms with van der Waals surface area (Å²) in [7, 11) is 0. The van der Waals surface area contributed by atoms with Gasteiger partial charge in [-0.05, 0) is 81.7 Å². The first kappa shape index (κ1) is 19.6. The zero-order valence-corrected chi connectivity index (χ0v) is 18.1. The van der Waals surface area contributed by atoms with E-state index < -0.39 is 0 Å². The summed E-state index contributed by atoms with van der Waals surface area (Å²) in [6, 6.07) is 0.468. The molecule has 1 aliphatic heterocycles. The van der Waals surface area contributed by atoms with E-state index in [4.69, 9.17) is 6.42 Å². The Morgan fingerprint density at radius 1 is 1.14 bits per heavy atom. The lowest BCUT2D eigenvalue weighted by molar-refractivity contribution is -0.135. The van der Waals surface area contributed by atoms with Crippen LogP contribution in [0.4, 0.5) is 0 Å². The molecule has 4 aliphatic carbocycles. The standard InChI is InChI=1S/C25H36N2O2/c1-4-16-13-18-19-7-8-23(28)24(19,2)10-9-20(18)25(3)21(16)14-17(15-22(25)26-29)27-11-5-6-12-27/h1,16-21,29H,5-15H2,2-3H3/t16?,17?,18-,19-,20+,21?,24-,25+/m0/s1. The maximum atomic E-state index is 12.7. The number of ketones is 1. The zero-order chi connectivity index (χ0) is 20.4. The SMILES string of the molecule is C#CC1C[C@@H]2[C@@H](CC[C@]3(C)C(=O)CC[C@@H]23)[C@@]2(C)C(=NO)CC(N3CCCC3)CC12. The fraction of sp³-hybridized carbons (Fsp3) is 0.840. The van der Waals surface area contributed by atoms with Gasteiger partial charge < -0.3 is 5.21 Å². The third-order valence-corrected chi connectivity index (χ3v) is 10.3. The molecule has 5 rings (SSSR count). The molecule has 1 heterocycles. The van der Waals surface area contributed by atoms with E-state index in [0.29, 0.717) is 35.5 Å². The minimum Gasteiger partial charge on any atom is -0.411 e. The van der Waals surface area contributed by atoms with Crippen LogP contribution < -0.4 is 0 Å². The summed E-state index contributed by atoms with van der Waals surface area (Å²) >= 11 is 0. The van der Waals surface area contributed by atoms with Crippen molar-refractivity contribution in [3.05, 3.63) is 0 Å². The zero-order valence-electron chi connectivity index (χ0n) is 18.1. The molecular formula is C25H36N2O2. The van der Waals surface area contributed by atoms with E-state index in [1.54, 1.807) is 0 Å². The van der Waals surface area contributed by atoms with Gasteiger partial charge in [0.15, 0.2) is 0 Å². The summed E-state index contributed by atoms with van der Waals surface area (Å²) in [5.41, 5.74) is 0.721. The number of hydrogen-bond acceptors (Lipinski definition) is 4. The summed E-state index contributed by atoms with van der Waals surface area (Å²) in [4.78, 5) is 15.3. The molecule has 0 aromatic carbocycles. The molecule has 0 aromatic rings. The Balaban J connectivity index is 1.52. The second kappa shape index (κ2) is 6.84. The van der Waals surface area contributed by atoms with E-state index in [2.05, 4.69) is 29.8 Å². The molecule has 3 unspecified atom stereocenters. The topological polar surface area (TPSA) is 52.9 Å². The fourth-order valence-electron chi connectivity index (χ4n) is 8.66. The molecule has 1 saturated heterocycles. The van der Waals surface area contributed by atoms with Crippen molar-refractivity contribution in [2.24, 2.45) is 45.6 Å². The van der Waals surface area contributed by atoms with Gasteiger partial charge in [0.2, 0.25) is 0 Å². The first-order chi connectivity index (χ1) is 13.9. The predicted octanol–water partition coefficient (Wildman–Crippen LogP) is 4.36. The summed E-state index contributed by atoms with van der Waals surface area (Å²) in [5, 5.41) is 14.1. The van der Waals surface area contributed by atoms with Crippen LogP contribution in [0.25, 0.3) is 0 Å². The van der Waals surface area contributed by atoms with Crippen LogP contribution in [0.2, 0.25) is 0 Å². The Morgan fingerprint density at radius 2 is 1.90 bits per heavy atom. The van der Waals surface area contributed by atoms with Crippen LogP contribution >= 0.6 is 0 Å². The molecular weight excluding hydrogens is 360 g/mol. The number of likely N-dealkylation sites (tertiary alicyclic amines) is 1. The van der Waals surface area contributed by atoms with Crippen LogP contribution in [-0.4, -0.2) is 40.7 Å². The first-order valence-corrected chi connectivity index (χ1v) is 11.9. The first-order valence-electron chi connectivity index (χ1n) is 11.9. The Labute approximate surface area is 175 Å². The van der Waals surface area contributed by atoms with E-state index in [1.807, 2.05) is 0 Å². The average molecular weight is 397 g/mol. The highest BCUT2D eigenvalue weighted by molar-refractivity contribution is 5.92. The number of rotatable bonds is 1. The Kier molecular flexibility index (Phi) is 4.63.